The zero-order valence-corrected chi connectivity index (χ0v) is 9.71. The van der Waals surface area contributed by atoms with Crippen molar-refractivity contribution in [1.82, 2.24) is 0 Å². The number of rotatable bonds is 2. The molecule has 1 aliphatic carbocycles. The molecular weight excluding hydrogens is 240 g/mol. The van der Waals surface area contributed by atoms with Gasteiger partial charge in [0.1, 0.15) is 17.4 Å². The molecule has 1 amide bonds. The third-order valence-electron chi connectivity index (χ3n) is 3.06. The molecule has 18 heavy (non-hydrogen) atoms. The summed E-state index contributed by atoms with van der Waals surface area (Å²) in [7, 11) is 0. The quantitative estimate of drug-likeness (QED) is 0.823. The van der Waals surface area contributed by atoms with Crippen molar-refractivity contribution in [2.45, 2.75) is 25.7 Å². The van der Waals surface area contributed by atoms with Gasteiger partial charge in [-0.2, -0.15) is 0 Å². The second-order valence-electron chi connectivity index (χ2n) is 4.38. The highest BCUT2D eigenvalue weighted by Gasteiger charge is 2.29. The fourth-order valence-corrected chi connectivity index (χ4v) is 2.07. The maximum atomic E-state index is 13.3. The number of carbonyl (C=O) groups excluding carboxylic acids is 2. The van der Waals surface area contributed by atoms with Gasteiger partial charge in [-0.05, 0) is 25.0 Å². The molecule has 1 N–H and O–H groups in total. The van der Waals surface area contributed by atoms with E-state index in [2.05, 4.69) is 5.32 Å². The van der Waals surface area contributed by atoms with Gasteiger partial charge >= 0.3 is 0 Å². The molecule has 1 atom stereocenters. The molecule has 1 unspecified atom stereocenters. The van der Waals surface area contributed by atoms with Crippen LogP contribution in [0.4, 0.5) is 14.5 Å². The van der Waals surface area contributed by atoms with Gasteiger partial charge in [0.2, 0.25) is 5.91 Å². The molecule has 1 aromatic carbocycles. The number of benzene rings is 1. The highest BCUT2D eigenvalue weighted by molar-refractivity contribution is 6.07. The number of anilines is 1. The van der Waals surface area contributed by atoms with Crippen LogP contribution in [0.25, 0.3) is 0 Å². The molecule has 0 radical (unpaired) electrons. The number of carbonyl (C=O) groups is 2. The number of hydrogen-bond donors (Lipinski definition) is 1. The first-order chi connectivity index (χ1) is 8.58. The molecule has 0 saturated heterocycles. The van der Waals surface area contributed by atoms with Crippen LogP contribution in [0.2, 0.25) is 0 Å². The van der Waals surface area contributed by atoms with E-state index in [0.29, 0.717) is 12.8 Å². The summed E-state index contributed by atoms with van der Waals surface area (Å²) in [5.41, 5.74) is -0.224. The minimum atomic E-state index is -0.735. The van der Waals surface area contributed by atoms with Gasteiger partial charge in [0.05, 0.1) is 11.6 Å². The van der Waals surface area contributed by atoms with Crippen LogP contribution in [0.5, 0.6) is 0 Å². The first-order valence-corrected chi connectivity index (χ1v) is 5.86. The van der Waals surface area contributed by atoms with Gasteiger partial charge in [0.25, 0.3) is 0 Å². The van der Waals surface area contributed by atoms with Crippen molar-refractivity contribution in [2.24, 2.45) is 5.92 Å². The minimum Gasteiger partial charge on any atom is -0.323 e. The Morgan fingerprint density at radius 2 is 2.06 bits per heavy atom. The molecule has 3 nitrogen and oxygen atoms in total. The van der Waals surface area contributed by atoms with Gasteiger partial charge in [0.15, 0.2) is 0 Å². The van der Waals surface area contributed by atoms with E-state index in [9.17, 15) is 18.4 Å². The topological polar surface area (TPSA) is 46.2 Å². The summed E-state index contributed by atoms with van der Waals surface area (Å²) in [4.78, 5) is 23.4. The number of hydrogen-bond acceptors (Lipinski definition) is 2. The lowest BCUT2D eigenvalue weighted by molar-refractivity contribution is -0.132. The SMILES string of the molecule is O=C1CCCCC1C(=O)Nc1cc(F)ccc1F. The van der Waals surface area contributed by atoms with Crippen molar-refractivity contribution in [1.29, 1.82) is 0 Å². The molecule has 0 spiro atoms. The Hall–Kier alpha value is -1.78. The van der Waals surface area contributed by atoms with Crippen molar-refractivity contribution in [2.75, 3.05) is 5.32 Å². The van der Waals surface area contributed by atoms with Gasteiger partial charge in [-0.25, -0.2) is 8.78 Å². The third kappa shape index (κ3) is 2.72. The number of nitrogens with one attached hydrogen (secondary N) is 1. The van der Waals surface area contributed by atoms with Crippen LogP contribution in [0.3, 0.4) is 0 Å². The molecule has 0 aromatic heterocycles. The van der Waals surface area contributed by atoms with Gasteiger partial charge in [-0.3, -0.25) is 9.59 Å². The molecule has 0 bridgehead atoms. The Labute approximate surface area is 103 Å². The average molecular weight is 253 g/mol. The van der Waals surface area contributed by atoms with E-state index in [1.807, 2.05) is 0 Å². The largest absolute Gasteiger partial charge is 0.323 e. The van der Waals surface area contributed by atoms with Gasteiger partial charge in [-0.15, -0.1) is 0 Å². The molecule has 96 valence electrons. The monoisotopic (exact) mass is 253 g/mol. The first kappa shape index (κ1) is 12.7. The Balaban J connectivity index is 2.10. The summed E-state index contributed by atoms with van der Waals surface area (Å²) in [6.45, 7) is 0. The van der Waals surface area contributed by atoms with Crippen LogP contribution in [-0.2, 0) is 9.59 Å². The van der Waals surface area contributed by atoms with Crippen molar-refractivity contribution in [3.63, 3.8) is 0 Å². The summed E-state index contributed by atoms with van der Waals surface area (Å²) in [5, 5.41) is 2.28. The van der Waals surface area contributed by atoms with Crippen LogP contribution >= 0.6 is 0 Å². The van der Waals surface area contributed by atoms with Crippen LogP contribution in [0.1, 0.15) is 25.7 Å². The van der Waals surface area contributed by atoms with Crippen molar-refractivity contribution in [3.05, 3.63) is 29.8 Å². The van der Waals surface area contributed by atoms with Gasteiger partial charge in [-0.1, -0.05) is 6.42 Å². The summed E-state index contributed by atoms with van der Waals surface area (Å²) in [5.74, 6) is -2.77. The van der Waals surface area contributed by atoms with Gasteiger partial charge < -0.3 is 5.32 Å². The Morgan fingerprint density at radius 3 is 2.78 bits per heavy atom. The number of ketones is 1. The second-order valence-corrected chi connectivity index (χ2v) is 4.38. The molecule has 1 aromatic rings. The maximum absolute atomic E-state index is 13.3. The Bertz CT molecular complexity index is 488. The van der Waals surface area contributed by atoms with E-state index in [0.717, 1.165) is 31.0 Å². The minimum absolute atomic E-state index is 0.129. The van der Waals surface area contributed by atoms with Crippen molar-refractivity contribution >= 4 is 17.4 Å². The van der Waals surface area contributed by atoms with E-state index in [4.69, 9.17) is 0 Å². The highest BCUT2D eigenvalue weighted by atomic mass is 19.1. The number of halogens is 2. The van der Waals surface area contributed by atoms with Crippen LogP contribution in [0.15, 0.2) is 18.2 Å². The molecule has 2 rings (SSSR count). The number of amides is 1. The zero-order chi connectivity index (χ0) is 13.1. The maximum Gasteiger partial charge on any atom is 0.235 e. The zero-order valence-electron chi connectivity index (χ0n) is 9.71. The predicted octanol–water partition coefficient (Wildman–Crippen LogP) is 2.66. The van der Waals surface area contributed by atoms with E-state index >= 15 is 0 Å². The van der Waals surface area contributed by atoms with Crippen LogP contribution < -0.4 is 5.32 Å². The molecule has 1 aliphatic rings. The summed E-state index contributed by atoms with van der Waals surface area (Å²) in [6, 6.07) is 2.81. The van der Waals surface area contributed by atoms with Crippen molar-refractivity contribution in [3.8, 4) is 0 Å². The van der Waals surface area contributed by atoms with E-state index in [1.165, 1.54) is 0 Å². The molecule has 1 saturated carbocycles. The van der Waals surface area contributed by atoms with Gasteiger partial charge in [0, 0.05) is 12.5 Å². The van der Waals surface area contributed by atoms with E-state index < -0.39 is 23.5 Å². The summed E-state index contributed by atoms with van der Waals surface area (Å²) < 4.78 is 26.3. The van der Waals surface area contributed by atoms with Crippen molar-refractivity contribution < 1.29 is 18.4 Å². The lowest BCUT2D eigenvalue weighted by Gasteiger charge is -2.19. The normalized spacial score (nSPS) is 19.7. The molecule has 5 heteroatoms. The molecule has 0 aliphatic heterocycles. The highest BCUT2D eigenvalue weighted by Crippen LogP contribution is 2.23. The fraction of sp³-hybridized carbons (Fsp3) is 0.385. The van der Waals surface area contributed by atoms with E-state index in [1.54, 1.807) is 0 Å². The lowest BCUT2D eigenvalue weighted by atomic mass is 9.87. The second kappa shape index (κ2) is 5.25. The van der Waals surface area contributed by atoms with Crippen LogP contribution in [-0.4, -0.2) is 11.7 Å². The smallest absolute Gasteiger partial charge is 0.235 e. The molecular formula is C13H13F2NO2. The predicted molar refractivity (Wildman–Crippen MR) is 62.0 cm³/mol. The average Bonchev–Trinajstić information content (AvgIpc) is 2.34. The summed E-state index contributed by atoms with van der Waals surface area (Å²) in [6.07, 6.45) is 2.44. The third-order valence-corrected chi connectivity index (χ3v) is 3.06. The Kier molecular flexibility index (Phi) is 3.69. The Morgan fingerprint density at radius 1 is 1.28 bits per heavy atom. The fourth-order valence-electron chi connectivity index (χ4n) is 2.07. The summed E-state index contributed by atoms with van der Waals surface area (Å²) >= 11 is 0. The van der Waals surface area contributed by atoms with Crippen LogP contribution in [0, 0.1) is 17.6 Å². The van der Waals surface area contributed by atoms with E-state index in [-0.39, 0.29) is 11.5 Å². The first-order valence-electron chi connectivity index (χ1n) is 5.86. The lowest BCUT2D eigenvalue weighted by Crippen LogP contribution is -2.32. The standard InChI is InChI=1S/C13H13F2NO2/c14-8-5-6-10(15)11(7-8)16-13(18)9-3-1-2-4-12(9)17/h5-7,9H,1-4H2,(H,16,18). The molecule has 1 fully saturated rings. The number of Topliss-reactive ketones (excluding diaryl/α,β-unsaturated/α-hetero) is 1. The molecule has 0 heterocycles.